The molecule has 1 N–H and O–H groups in total. The molecule has 0 spiro atoms. The van der Waals surface area contributed by atoms with Crippen molar-refractivity contribution in [2.75, 3.05) is 19.6 Å². The Labute approximate surface area is 141 Å². The summed E-state index contributed by atoms with van der Waals surface area (Å²) in [5, 5.41) is 18.9. The normalized spacial score (nSPS) is 23.3. The van der Waals surface area contributed by atoms with E-state index in [9.17, 15) is 9.50 Å². The van der Waals surface area contributed by atoms with Gasteiger partial charge in [-0.05, 0) is 49.9 Å². The Hall–Kier alpha value is -1.79. The van der Waals surface area contributed by atoms with Crippen molar-refractivity contribution in [2.24, 2.45) is 0 Å². The van der Waals surface area contributed by atoms with Crippen LogP contribution in [0.2, 0.25) is 0 Å². The van der Waals surface area contributed by atoms with Gasteiger partial charge in [-0.15, -0.1) is 10.2 Å². The Morgan fingerprint density at radius 2 is 2.00 bits per heavy atom. The van der Waals surface area contributed by atoms with Crippen molar-refractivity contribution in [3.05, 3.63) is 47.8 Å². The van der Waals surface area contributed by atoms with Crippen molar-refractivity contribution in [1.29, 1.82) is 0 Å². The van der Waals surface area contributed by atoms with E-state index in [1.54, 1.807) is 12.1 Å². The van der Waals surface area contributed by atoms with Crippen molar-refractivity contribution < 1.29 is 9.50 Å². The van der Waals surface area contributed by atoms with Crippen molar-refractivity contribution in [1.82, 2.24) is 19.7 Å². The standard InChI is InChI=1S/C18H23FN4O/c19-15-5-3-13(4-6-15)17(24)11-22-9-1-2-14(10-22)18-21-20-12-23(18)16-7-8-16/h3-6,12,14,16-17,24H,1-2,7-11H2/t14-,17-/m1/s1. The molecule has 1 aromatic heterocycles. The Morgan fingerprint density at radius 3 is 2.75 bits per heavy atom. The van der Waals surface area contributed by atoms with E-state index in [1.807, 2.05) is 6.33 Å². The lowest BCUT2D eigenvalue weighted by atomic mass is 9.96. The van der Waals surface area contributed by atoms with Crippen LogP contribution in [0.5, 0.6) is 0 Å². The van der Waals surface area contributed by atoms with E-state index in [0.717, 1.165) is 37.3 Å². The molecule has 2 aromatic rings. The van der Waals surface area contributed by atoms with Gasteiger partial charge in [0.05, 0.1) is 6.10 Å². The molecule has 2 aliphatic rings. The van der Waals surface area contributed by atoms with E-state index in [0.29, 0.717) is 18.5 Å². The lowest BCUT2D eigenvalue weighted by Crippen LogP contribution is -2.38. The third-order valence-corrected chi connectivity index (χ3v) is 5.10. The lowest BCUT2D eigenvalue weighted by molar-refractivity contribution is 0.0940. The quantitative estimate of drug-likeness (QED) is 0.916. The molecule has 0 unspecified atom stereocenters. The van der Waals surface area contributed by atoms with Crippen LogP contribution in [-0.4, -0.2) is 44.4 Å². The van der Waals surface area contributed by atoms with Crippen LogP contribution in [0, 0.1) is 5.82 Å². The molecular formula is C18H23FN4O. The zero-order chi connectivity index (χ0) is 16.5. The molecule has 1 aromatic carbocycles. The second kappa shape index (κ2) is 6.61. The number of halogens is 1. The number of aliphatic hydroxyl groups excluding tert-OH is 1. The first-order chi connectivity index (χ1) is 11.7. The van der Waals surface area contributed by atoms with Crippen LogP contribution >= 0.6 is 0 Å². The van der Waals surface area contributed by atoms with Crippen LogP contribution in [0.25, 0.3) is 0 Å². The molecule has 1 saturated carbocycles. The Bertz CT molecular complexity index is 683. The maximum absolute atomic E-state index is 13.0. The SMILES string of the molecule is O[C@H](CN1CCC[C@@H](c2nncn2C2CC2)C1)c1ccc(F)cc1. The summed E-state index contributed by atoms with van der Waals surface area (Å²) in [7, 11) is 0. The Balaban J connectivity index is 1.41. The number of likely N-dealkylation sites (tertiary alicyclic amines) is 1. The van der Waals surface area contributed by atoms with Crippen molar-refractivity contribution in [2.45, 2.75) is 43.7 Å². The molecule has 2 atom stereocenters. The summed E-state index contributed by atoms with van der Waals surface area (Å²) >= 11 is 0. The smallest absolute Gasteiger partial charge is 0.137 e. The van der Waals surface area contributed by atoms with E-state index in [-0.39, 0.29) is 5.82 Å². The third-order valence-electron chi connectivity index (χ3n) is 5.10. The van der Waals surface area contributed by atoms with Crippen molar-refractivity contribution >= 4 is 0 Å². The van der Waals surface area contributed by atoms with Crippen LogP contribution in [0.15, 0.2) is 30.6 Å². The average molecular weight is 330 g/mol. The lowest BCUT2D eigenvalue weighted by Gasteiger charge is -2.33. The maximum atomic E-state index is 13.0. The fourth-order valence-corrected chi connectivity index (χ4v) is 3.64. The summed E-state index contributed by atoms with van der Waals surface area (Å²) in [5.41, 5.74) is 0.764. The number of aromatic nitrogens is 3. The van der Waals surface area contributed by atoms with Gasteiger partial charge in [-0.25, -0.2) is 4.39 Å². The monoisotopic (exact) mass is 330 g/mol. The molecule has 0 radical (unpaired) electrons. The van der Waals surface area contributed by atoms with E-state index in [2.05, 4.69) is 19.7 Å². The molecule has 1 aliphatic heterocycles. The third kappa shape index (κ3) is 3.35. The summed E-state index contributed by atoms with van der Waals surface area (Å²) in [6.07, 6.45) is 5.94. The van der Waals surface area contributed by atoms with Gasteiger partial charge in [0, 0.05) is 25.0 Å². The van der Waals surface area contributed by atoms with Gasteiger partial charge in [0.25, 0.3) is 0 Å². The van der Waals surface area contributed by atoms with Gasteiger partial charge in [-0.3, -0.25) is 4.90 Å². The highest BCUT2D eigenvalue weighted by atomic mass is 19.1. The summed E-state index contributed by atoms with van der Waals surface area (Å²) in [6, 6.07) is 6.71. The number of aliphatic hydroxyl groups is 1. The Kier molecular flexibility index (Phi) is 4.33. The zero-order valence-corrected chi connectivity index (χ0v) is 13.7. The van der Waals surface area contributed by atoms with Gasteiger partial charge < -0.3 is 9.67 Å². The molecule has 2 heterocycles. The van der Waals surface area contributed by atoms with E-state index in [4.69, 9.17) is 0 Å². The van der Waals surface area contributed by atoms with Gasteiger partial charge >= 0.3 is 0 Å². The molecule has 0 amide bonds. The predicted molar refractivity (Wildman–Crippen MR) is 88.1 cm³/mol. The van der Waals surface area contributed by atoms with E-state index < -0.39 is 6.10 Å². The highest BCUT2D eigenvalue weighted by molar-refractivity contribution is 5.19. The summed E-state index contributed by atoms with van der Waals surface area (Å²) in [6.45, 7) is 2.44. The van der Waals surface area contributed by atoms with Crippen LogP contribution in [0.4, 0.5) is 4.39 Å². The molecule has 0 bridgehead atoms. The minimum atomic E-state index is -0.592. The van der Waals surface area contributed by atoms with Gasteiger partial charge in [-0.1, -0.05) is 12.1 Å². The minimum absolute atomic E-state index is 0.275. The van der Waals surface area contributed by atoms with Gasteiger partial charge in [-0.2, -0.15) is 0 Å². The summed E-state index contributed by atoms with van der Waals surface area (Å²) in [4.78, 5) is 2.29. The minimum Gasteiger partial charge on any atom is -0.387 e. The average Bonchev–Trinajstić information content (AvgIpc) is 3.32. The molecule has 1 saturated heterocycles. The first-order valence-corrected chi connectivity index (χ1v) is 8.76. The number of hydrogen-bond donors (Lipinski definition) is 1. The van der Waals surface area contributed by atoms with Crippen molar-refractivity contribution in [3.63, 3.8) is 0 Å². The second-order valence-corrected chi connectivity index (χ2v) is 6.99. The van der Waals surface area contributed by atoms with Crippen LogP contribution < -0.4 is 0 Å². The molecule has 4 rings (SSSR count). The number of hydrogen-bond acceptors (Lipinski definition) is 4. The fraction of sp³-hybridized carbons (Fsp3) is 0.556. The molecule has 24 heavy (non-hydrogen) atoms. The topological polar surface area (TPSA) is 54.2 Å². The Morgan fingerprint density at radius 1 is 1.21 bits per heavy atom. The predicted octanol–water partition coefficient (Wildman–Crippen LogP) is 2.67. The number of β-amino-alcohol motifs (C(OH)–C–C–N with tert-alkyl or cyclic N) is 1. The first-order valence-electron chi connectivity index (χ1n) is 8.76. The number of piperidine rings is 1. The maximum Gasteiger partial charge on any atom is 0.137 e. The van der Waals surface area contributed by atoms with Gasteiger partial charge in [0.1, 0.15) is 18.0 Å². The van der Waals surface area contributed by atoms with E-state index >= 15 is 0 Å². The molecule has 128 valence electrons. The summed E-state index contributed by atoms with van der Waals surface area (Å²) < 4.78 is 15.3. The highest BCUT2D eigenvalue weighted by Crippen LogP contribution is 2.38. The van der Waals surface area contributed by atoms with Gasteiger partial charge in [0.15, 0.2) is 0 Å². The van der Waals surface area contributed by atoms with Crippen LogP contribution in [0.3, 0.4) is 0 Å². The molecule has 1 aliphatic carbocycles. The molecule has 6 heteroatoms. The summed E-state index contributed by atoms with van der Waals surface area (Å²) in [5.74, 6) is 1.20. The zero-order valence-electron chi connectivity index (χ0n) is 13.7. The van der Waals surface area contributed by atoms with Crippen molar-refractivity contribution in [3.8, 4) is 0 Å². The number of rotatable bonds is 5. The fourth-order valence-electron chi connectivity index (χ4n) is 3.64. The largest absolute Gasteiger partial charge is 0.387 e. The van der Waals surface area contributed by atoms with Crippen LogP contribution in [-0.2, 0) is 0 Å². The number of benzene rings is 1. The molecule has 5 nitrogen and oxygen atoms in total. The van der Waals surface area contributed by atoms with Crippen LogP contribution in [0.1, 0.15) is 55.1 Å². The number of nitrogens with zero attached hydrogens (tertiary/aromatic N) is 4. The van der Waals surface area contributed by atoms with Gasteiger partial charge in [0.2, 0.25) is 0 Å². The molecule has 2 fully saturated rings. The highest BCUT2D eigenvalue weighted by Gasteiger charge is 2.31. The van der Waals surface area contributed by atoms with E-state index in [1.165, 1.54) is 25.0 Å². The second-order valence-electron chi connectivity index (χ2n) is 6.99. The molecular weight excluding hydrogens is 307 g/mol. The first kappa shape index (κ1) is 15.7.